The maximum Gasteiger partial charge on any atom is 0.337 e. The van der Waals surface area contributed by atoms with Crippen LogP contribution in [-0.2, 0) is 0 Å². The molecule has 0 unspecified atom stereocenters. The zero-order valence-electron chi connectivity index (χ0n) is 5.84. The van der Waals surface area contributed by atoms with Crippen molar-refractivity contribution in [2.24, 2.45) is 0 Å². The molecule has 0 saturated carbocycles. The standard InChI is InChI=1S/C7H7NOS/c1-5-3-7(4-8-9)6(2)10-5/h3H,1-2H3. The van der Waals surface area contributed by atoms with Gasteiger partial charge in [0.05, 0.1) is 0 Å². The van der Waals surface area contributed by atoms with E-state index in [0.717, 1.165) is 10.4 Å². The van der Waals surface area contributed by atoms with Crippen molar-refractivity contribution in [2.45, 2.75) is 13.8 Å². The summed E-state index contributed by atoms with van der Waals surface area (Å²) in [6.07, 6.45) is 0. The summed E-state index contributed by atoms with van der Waals surface area (Å²) >= 11 is 1.65. The highest BCUT2D eigenvalue weighted by Crippen LogP contribution is 2.19. The minimum Gasteiger partial charge on any atom is -0.498 e. The molecule has 3 heteroatoms. The Bertz CT molecular complexity index is 292. The van der Waals surface area contributed by atoms with Gasteiger partial charge in [0.1, 0.15) is 5.56 Å². The van der Waals surface area contributed by atoms with Crippen LogP contribution in [0.25, 0.3) is 5.01 Å². The molecule has 2 nitrogen and oxygen atoms in total. The van der Waals surface area contributed by atoms with Crippen molar-refractivity contribution in [3.63, 3.8) is 0 Å². The zero-order valence-corrected chi connectivity index (χ0v) is 6.66. The maximum atomic E-state index is 9.78. The fourth-order valence-corrected chi connectivity index (χ4v) is 1.67. The van der Waals surface area contributed by atoms with Crippen molar-refractivity contribution in [1.29, 1.82) is 0 Å². The minimum absolute atomic E-state index is 0.817. The number of rotatable bonds is 0. The average molecular weight is 153 g/mol. The highest BCUT2D eigenvalue weighted by atomic mass is 32.1. The molecule has 0 bridgehead atoms. The molecule has 0 N–H and O–H groups in total. The van der Waals surface area contributed by atoms with E-state index in [0.29, 0.717) is 0 Å². The SMILES string of the molecule is Cc1cc(C#[N+][O-])c(C)s1. The van der Waals surface area contributed by atoms with Gasteiger partial charge in [0, 0.05) is 14.8 Å². The molecule has 0 saturated heterocycles. The van der Waals surface area contributed by atoms with Gasteiger partial charge in [-0.1, -0.05) is 0 Å². The van der Waals surface area contributed by atoms with E-state index in [-0.39, 0.29) is 0 Å². The second-order valence-corrected chi connectivity index (χ2v) is 3.49. The molecule has 0 aliphatic carbocycles. The van der Waals surface area contributed by atoms with Crippen LogP contribution in [0.4, 0.5) is 0 Å². The van der Waals surface area contributed by atoms with Gasteiger partial charge in [0.2, 0.25) is 0 Å². The second-order valence-electron chi connectivity index (χ2n) is 2.03. The van der Waals surface area contributed by atoms with E-state index < -0.39 is 0 Å². The van der Waals surface area contributed by atoms with Crippen molar-refractivity contribution < 1.29 is 0 Å². The van der Waals surface area contributed by atoms with Crippen molar-refractivity contribution in [1.82, 2.24) is 0 Å². The third-order valence-corrected chi connectivity index (χ3v) is 2.17. The Kier molecular flexibility index (Phi) is 1.93. The smallest absolute Gasteiger partial charge is 0.337 e. The lowest BCUT2D eigenvalue weighted by molar-refractivity contribution is 1.56. The highest BCUT2D eigenvalue weighted by Gasteiger charge is 2.03. The maximum absolute atomic E-state index is 9.78. The summed E-state index contributed by atoms with van der Waals surface area (Å²) in [5.41, 5.74) is 0.817. The summed E-state index contributed by atoms with van der Waals surface area (Å²) in [5, 5.41) is 12.4. The first-order valence-corrected chi connectivity index (χ1v) is 3.71. The normalized spacial score (nSPS) is 8.60. The highest BCUT2D eigenvalue weighted by molar-refractivity contribution is 7.12. The van der Waals surface area contributed by atoms with Gasteiger partial charge in [-0.3, -0.25) is 0 Å². The van der Waals surface area contributed by atoms with Crippen LogP contribution in [0.1, 0.15) is 15.3 Å². The van der Waals surface area contributed by atoms with Crippen LogP contribution in [0.2, 0.25) is 0 Å². The minimum atomic E-state index is 0.817. The first-order chi connectivity index (χ1) is 4.74. The largest absolute Gasteiger partial charge is 0.498 e. The van der Waals surface area contributed by atoms with Crippen LogP contribution in [0, 0.1) is 25.1 Å². The van der Waals surface area contributed by atoms with E-state index in [1.807, 2.05) is 19.9 Å². The summed E-state index contributed by atoms with van der Waals surface area (Å²) in [5.74, 6) is 0. The third-order valence-electron chi connectivity index (χ3n) is 1.21. The van der Waals surface area contributed by atoms with Crippen LogP contribution < -0.4 is 0 Å². The van der Waals surface area contributed by atoms with E-state index in [1.165, 1.54) is 4.88 Å². The van der Waals surface area contributed by atoms with Gasteiger partial charge in [-0.25, -0.2) is 0 Å². The molecule has 52 valence electrons. The molecule has 0 amide bonds. The fourth-order valence-electron chi connectivity index (χ4n) is 0.791. The van der Waals surface area contributed by atoms with E-state index in [2.05, 4.69) is 11.1 Å². The second kappa shape index (κ2) is 2.72. The van der Waals surface area contributed by atoms with Crippen LogP contribution in [-0.4, -0.2) is 0 Å². The van der Waals surface area contributed by atoms with Gasteiger partial charge >= 0.3 is 6.07 Å². The van der Waals surface area contributed by atoms with Crippen molar-refractivity contribution >= 4 is 11.3 Å². The molecule has 0 atom stereocenters. The Balaban J connectivity index is 3.11. The number of aryl methyl sites for hydroxylation is 2. The van der Waals surface area contributed by atoms with E-state index >= 15 is 0 Å². The van der Waals surface area contributed by atoms with Gasteiger partial charge in [-0.15, -0.1) is 11.3 Å². The molecule has 0 fully saturated rings. The molecule has 0 aliphatic rings. The quantitative estimate of drug-likeness (QED) is 0.526. The predicted molar refractivity (Wildman–Crippen MR) is 43.5 cm³/mol. The molecule has 1 aromatic heterocycles. The Morgan fingerprint density at radius 2 is 2.30 bits per heavy atom. The Hall–Kier alpha value is -1.01. The molecule has 1 heterocycles. The van der Waals surface area contributed by atoms with Crippen molar-refractivity contribution in [3.05, 3.63) is 31.6 Å². The number of nitrogens with zero attached hydrogens (tertiary/aromatic N) is 1. The van der Waals surface area contributed by atoms with Crippen molar-refractivity contribution in [2.75, 3.05) is 0 Å². The first kappa shape index (κ1) is 7.10. The summed E-state index contributed by atoms with van der Waals surface area (Å²) in [6.45, 7) is 3.94. The number of hydrogen-bond acceptors (Lipinski definition) is 2. The Morgan fingerprint density at radius 1 is 1.60 bits per heavy atom. The molecular weight excluding hydrogens is 146 g/mol. The molecular formula is C7H7NOS. The number of hydrogen-bond donors (Lipinski definition) is 0. The third kappa shape index (κ3) is 1.28. The Morgan fingerprint density at radius 3 is 2.70 bits per heavy atom. The molecule has 10 heavy (non-hydrogen) atoms. The van der Waals surface area contributed by atoms with Crippen LogP contribution >= 0.6 is 11.3 Å². The average Bonchev–Trinajstić information content (AvgIpc) is 2.13. The lowest BCUT2D eigenvalue weighted by Gasteiger charge is -1.74. The lowest BCUT2D eigenvalue weighted by Crippen LogP contribution is -1.67. The predicted octanol–water partition coefficient (Wildman–Crippen LogP) is 2.54. The monoisotopic (exact) mass is 153 g/mol. The summed E-state index contributed by atoms with van der Waals surface area (Å²) in [4.78, 5) is 2.28. The molecule has 0 aliphatic heterocycles. The van der Waals surface area contributed by atoms with Crippen LogP contribution in [0.5, 0.6) is 0 Å². The molecule has 1 aromatic rings. The molecule has 0 radical (unpaired) electrons. The van der Waals surface area contributed by atoms with Gasteiger partial charge < -0.3 is 5.21 Å². The molecule has 0 aromatic carbocycles. The summed E-state index contributed by atoms with van der Waals surface area (Å²) < 4.78 is 0. The van der Waals surface area contributed by atoms with Gasteiger partial charge in [-0.05, 0) is 19.9 Å². The number of thiophene rings is 1. The van der Waals surface area contributed by atoms with Crippen molar-refractivity contribution in [3.8, 4) is 6.07 Å². The van der Waals surface area contributed by atoms with E-state index in [4.69, 9.17) is 0 Å². The van der Waals surface area contributed by atoms with Gasteiger partial charge in [0.25, 0.3) is 0 Å². The van der Waals surface area contributed by atoms with Gasteiger partial charge in [0.15, 0.2) is 0 Å². The van der Waals surface area contributed by atoms with E-state index in [9.17, 15) is 5.21 Å². The Labute approximate surface area is 63.5 Å². The van der Waals surface area contributed by atoms with Crippen LogP contribution in [0.3, 0.4) is 0 Å². The van der Waals surface area contributed by atoms with Crippen LogP contribution in [0.15, 0.2) is 6.07 Å². The van der Waals surface area contributed by atoms with E-state index in [1.54, 1.807) is 11.3 Å². The first-order valence-electron chi connectivity index (χ1n) is 2.89. The fraction of sp³-hybridized carbons (Fsp3) is 0.286. The zero-order chi connectivity index (χ0) is 7.56. The molecule has 0 spiro atoms. The topological polar surface area (TPSA) is 27.4 Å². The summed E-state index contributed by atoms with van der Waals surface area (Å²) in [6, 6.07) is 4.28. The van der Waals surface area contributed by atoms with Gasteiger partial charge in [-0.2, -0.15) is 0 Å². The molecule has 1 rings (SSSR count). The lowest BCUT2D eigenvalue weighted by atomic mass is 10.3. The summed E-state index contributed by atoms with van der Waals surface area (Å²) in [7, 11) is 0.